The molecule has 4 nitrogen and oxygen atoms in total. The highest BCUT2D eigenvalue weighted by Crippen LogP contribution is 2.32. The second kappa shape index (κ2) is 8.67. The third-order valence-corrected chi connectivity index (χ3v) is 5.70. The Labute approximate surface area is 177 Å². The molecular weight excluding hydrogens is 404 g/mol. The summed E-state index contributed by atoms with van der Waals surface area (Å²) in [6.45, 7) is 2.02. The van der Waals surface area contributed by atoms with Crippen molar-refractivity contribution in [2.45, 2.75) is 17.8 Å². The van der Waals surface area contributed by atoms with Gasteiger partial charge in [-0.05, 0) is 48.4 Å². The second-order valence-corrected chi connectivity index (χ2v) is 7.62. The number of aryl methyl sites for hydroxylation is 1. The predicted molar refractivity (Wildman–Crippen MR) is 114 cm³/mol. The zero-order valence-electron chi connectivity index (χ0n) is 16.5. The average Bonchev–Trinajstić information content (AvgIpc) is 3.17. The van der Waals surface area contributed by atoms with E-state index in [0.29, 0.717) is 22.3 Å². The van der Waals surface area contributed by atoms with Gasteiger partial charge in [0.05, 0.1) is 7.11 Å². The zero-order chi connectivity index (χ0) is 21.1. The minimum absolute atomic E-state index is 0.300. The fourth-order valence-corrected chi connectivity index (χ4v) is 4.05. The lowest BCUT2D eigenvalue weighted by molar-refractivity contribution is 0.414. The summed E-state index contributed by atoms with van der Waals surface area (Å²) in [7, 11) is 1.62. The molecule has 0 saturated carbocycles. The van der Waals surface area contributed by atoms with Crippen LogP contribution in [-0.4, -0.2) is 21.9 Å². The van der Waals surface area contributed by atoms with Crippen LogP contribution in [0, 0.1) is 18.6 Å². The van der Waals surface area contributed by atoms with Crippen LogP contribution in [0.5, 0.6) is 5.75 Å². The van der Waals surface area contributed by atoms with Crippen LogP contribution in [-0.2, 0) is 5.75 Å². The molecule has 7 heteroatoms. The molecule has 4 rings (SSSR count). The first-order chi connectivity index (χ1) is 14.6. The number of halogens is 2. The fraction of sp³-hybridized carbons (Fsp3) is 0.130. The molecule has 0 atom stereocenters. The number of nitrogens with zero attached hydrogens (tertiary/aromatic N) is 3. The molecule has 0 fully saturated rings. The average molecular weight is 423 g/mol. The Morgan fingerprint density at radius 1 is 0.967 bits per heavy atom. The molecule has 0 unspecified atom stereocenters. The molecule has 3 aromatic carbocycles. The lowest BCUT2D eigenvalue weighted by Gasteiger charge is -2.12. The number of aromatic nitrogens is 3. The number of benzene rings is 3. The van der Waals surface area contributed by atoms with Crippen LogP contribution in [0.3, 0.4) is 0 Å². The maximum Gasteiger partial charge on any atom is 0.196 e. The van der Waals surface area contributed by atoms with Crippen molar-refractivity contribution in [3.05, 3.63) is 89.5 Å². The van der Waals surface area contributed by atoms with Gasteiger partial charge in [-0.25, -0.2) is 8.78 Å². The number of rotatable bonds is 6. The van der Waals surface area contributed by atoms with Gasteiger partial charge in [0.2, 0.25) is 0 Å². The topological polar surface area (TPSA) is 39.9 Å². The number of ether oxygens (including phenoxy) is 1. The van der Waals surface area contributed by atoms with Crippen LogP contribution in [0.25, 0.3) is 17.1 Å². The second-order valence-electron chi connectivity index (χ2n) is 6.68. The Balaban J connectivity index is 1.75. The molecule has 0 bridgehead atoms. The van der Waals surface area contributed by atoms with E-state index in [4.69, 9.17) is 4.74 Å². The molecule has 0 aliphatic rings. The first kappa shape index (κ1) is 20.1. The molecule has 0 N–H and O–H groups in total. The standard InChI is InChI=1S/C23H19F2N3OS/c1-15-5-3-4-6-20(15)22-26-27-23(28(22)18-9-11-19(29-2)12-10-18)30-14-16-7-8-17(24)13-21(16)25/h3-13H,14H2,1-2H3. The van der Waals surface area contributed by atoms with E-state index in [1.807, 2.05) is 60.0 Å². The maximum atomic E-state index is 14.1. The molecular formula is C23H19F2N3OS. The molecule has 4 aromatic rings. The maximum absolute atomic E-state index is 14.1. The summed E-state index contributed by atoms with van der Waals surface area (Å²) < 4.78 is 34.5. The van der Waals surface area contributed by atoms with E-state index in [9.17, 15) is 8.78 Å². The molecule has 0 aliphatic carbocycles. The number of hydrogen-bond donors (Lipinski definition) is 0. The minimum Gasteiger partial charge on any atom is -0.497 e. The number of methoxy groups -OCH3 is 1. The monoisotopic (exact) mass is 423 g/mol. The summed E-state index contributed by atoms with van der Waals surface area (Å²) in [6.07, 6.45) is 0. The minimum atomic E-state index is -0.593. The van der Waals surface area contributed by atoms with Gasteiger partial charge in [-0.3, -0.25) is 4.57 Å². The van der Waals surface area contributed by atoms with Gasteiger partial charge in [-0.15, -0.1) is 10.2 Å². The van der Waals surface area contributed by atoms with E-state index in [1.54, 1.807) is 7.11 Å². The quantitative estimate of drug-likeness (QED) is 0.366. The summed E-state index contributed by atoms with van der Waals surface area (Å²) >= 11 is 1.34. The van der Waals surface area contributed by atoms with Gasteiger partial charge in [0.25, 0.3) is 0 Å². The third kappa shape index (κ3) is 4.07. The van der Waals surface area contributed by atoms with Crippen molar-refractivity contribution in [1.29, 1.82) is 0 Å². The molecule has 152 valence electrons. The van der Waals surface area contributed by atoms with Crippen molar-refractivity contribution in [3.63, 3.8) is 0 Å². The molecule has 0 aliphatic heterocycles. The Morgan fingerprint density at radius 2 is 1.73 bits per heavy atom. The number of thioether (sulfide) groups is 1. The van der Waals surface area contributed by atoms with Crippen molar-refractivity contribution in [3.8, 4) is 22.8 Å². The fourth-order valence-electron chi connectivity index (χ4n) is 3.11. The summed E-state index contributed by atoms with van der Waals surface area (Å²) in [4.78, 5) is 0. The van der Waals surface area contributed by atoms with Crippen LogP contribution < -0.4 is 4.74 Å². The summed E-state index contributed by atoms with van der Waals surface area (Å²) in [6, 6.07) is 19.1. The van der Waals surface area contributed by atoms with Crippen LogP contribution >= 0.6 is 11.8 Å². The number of hydrogen-bond acceptors (Lipinski definition) is 4. The van der Waals surface area contributed by atoms with Crippen molar-refractivity contribution in [2.75, 3.05) is 7.11 Å². The van der Waals surface area contributed by atoms with Crippen molar-refractivity contribution in [2.24, 2.45) is 0 Å². The normalized spacial score (nSPS) is 10.9. The van der Waals surface area contributed by atoms with Crippen molar-refractivity contribution in [1.82, 2.24) is 14.8 Å². The predicted octanol–water partition coefficient (Wildman–Crippen LogP) is 5.82. The van der Waals surface area contributed by atoms with Crippen molar-refractivity contribution < 1.29 is 13.5 Å². The van der Waals surface area contributed by atoms with Gasteiger partial charge in [-0.2, -0.15) is 0 Å². The SMILES string of the molecule is COc1ccc(-n2c(SCc3ccc(F)cc3F)nnc2-c2ccccc2C)cc1. The summed E-state index contributed by atoms with van der Waals surface area (Å²) in [5, 5.41) is 9.40. The first-order valence-corrected chi connectivity index (χ1v) is 10.3. The van der Waals surface area contributed by atoms with E-state index in [0.717, 1.165) is 28.6 Å². The van der Waals surface area contributed by atoms with Crippen LogP contribution in [0.1, 0.15) is 11.1 Å². The Bertz CT molecular complexity index is 1180. The summed E-state index contributed by atoms with van der Waals surface area (Å²) in [5.74, 6) is 0.572. The first-order valence-electron chi connectivity index (χ1n) is 9.29. The highest BCUT2D eigenvalue weighted by Gasteiger charge is 2.18. The highest BCUT2D eigenvalue weighted by molar-refractivity contribution is 7.98. The largest absolute Gasteiger partial charge is 0.497 e. The zero-order valence-corrected chi connectivity index (χ0v) is 17.3. The molecule has 1 heterocycles. The van der Waals surface area contributed by atoms with Crippen molar-refractivity contribution >= 4 is 11.8 Å². The molecule has 1 aromatic heterocycles. The smallest absolute Gasteiger partial charge is 0.196 e. The molecule has 0 saturated heterocycles. The van der Waals surface area contributed by atoms with E-state index in [-0.39, 0.29) is 0 Å². The Hall–Kier alpha value is -3.19. The van der Waals surface area contributed by atoms with Crippen LogP contribution in [0.2, 0.25) is 0 Å². The third-order valence-electron chi connectivity index (χ3n) is 4.72. The van der Waals surface area contributed by atoms with E-state index < -0.39 is 11.6 Å². The molecule has 0 radical (unpaired) electrons. The van der Waals surface area contributed by atoms with Crippen LogP contribution in [0.4, 0.5) is 8.78 Å². The van der Waals surface area contributed by atoms with Gasteiger partial charge >= 0.3 is 0 Å². The van der Waals surface area contributed by atoms with Gasteiger partial charge in [-0.1, -0.05) is 42.1 Å². The van der Waals surface area contributed by atoms with Gasteiger partial charge in [0.1, 0.15) is 17.4 Å². The molecule has 0 amide bonds. The van der Waals surface area contributed by atoms with E-state index in [1.165, 1.54) is 23.9 Å². The molecule has 30 heavy (non-hydrogen) atoms. The van der Waals surface area contributed by atoms with Gasteiger partial charge in [0.15, 0.2) is 11.0 Å². The highest BCUT2D eigenvalue weighted by atomic mass is 32.2. The lowest BCUT2D eigenvalue weighted by Crippen LogP contribution is -2.01. The Morgan fingerprint density at radius 3 is 2.43 bits per heavy atom. The van der Waals surface area contributed by atoms with Crippen LogP contribution in [0.15, 0.2) is 71.9 Å². The Kier molecular flexibility index (Phi) is 5.81. The lowest BCUT2D eigenvalue weighted by atomic mass is 10.1. The molecule has 0 spiro atoms. The van der Waals surface area contributed by atoms with E-state index in [2.05, 4.69) is 10.2 Å². The van der Waals surface area contributed by atoms with Gasteiger partial charge < -0.3 is 4.74 Å². The van der Waals surface area contributed by atoms with Gasteiger partial charge in [0, 0.05) is 23.1 Å². The van der Waals surface area contributed by atoms with E-state index >= 15 is 0 Å². The summed E-state index contributed by atoms with van der Waals surface area (Å²) in [5.41, 5.74) is 3.30.